The highest BCUT2D eigenvalue weighted by Gasteiger charge is 2.39. The van der Waals surface area contributed by atoms with E-state index in [1.807, 2.05) is 36.4 Å². The minimum Gasteiger partial charge on any atom is -0.467 e. The van der Waals surface area contributed by atoms with Crippen molar-refractivity contribution >= 4 is 5.91 Å². The molecule has 2 heterocycles. The minimum atomic E-state index is -0.959. The number of ether oxygens (including phenoxy) is 1. The van der Waals surface area contributed by atoms with Gasteiger partial charge in [0, 0.05) is 6.61 Å². The number of hydrogen-bond acceptors (Lipinski definition) is 4. The van der Waals surface area contributed by atoms with E-state index in [-0.39, 0.29) is 18.6 Å². The van der Waals surface area contributed by atoms with Crippen LogP contribution in [0.2, 0.25) is 0 Å². The van der Waals surface area contributed by atoms with Gasteiger partial charge in [-0.15, -0.1) is 0 Å². The van der Waals surface area contributed by atoms with Crippen molar-refractivity contribution in [2.75, 3.05) is 13.2 Å². The number of benzene rings is 1. The molecule has 1 aromatic carbocycles. The van der Waals surface area contributed by atoms with Gasteiger partial charge in [0.15, 0.2) is 0 Å². The molecule has 2 atom stereocenters. The van der Waals surface area contributed by atoms with Gasteiger partial charge >= 0.3 is 0 Å². The molecule has 1 aliphatic heterocycles. The largest absolute Gasteiger partial charge is 0.467 e. The maximum absolute atomic E-state index is 12.5. The number of furan rings is 1. The normalized spacial score (nSPS) is 22.9. The molecule has 21 heavy (non-hydrogen) atoms. The second-order valence-corrected chi connectivity index (χ2v) is 5.29. The fraction of sp³-hybridized carbons (Fsp3) is 0.312. The molecule has 2 aromatic rings. The fourth-order valence-electron chi connectivity index (χ4n) is 2.45. The van der Waals surface area contributed by atoms with Crippen molar-refractivity contribution in [1.29, 1.82) is 0 Å². The summed E-state index contributed by atoms with van der Waals surface area (Å²) in [6.45, 7) is 0.763. The zero-order chi connectivity index (χ0) is 14.7. The minimum absolute atomic E-state index is 0.217. The molecule has 110 valence electrons. The van der Waals surface area contributed by atoms with E-state index in [4.69, 9.17) is 14.9 Å². The first kappa shape index (κ1) is 13.9. The van der Waals surface area contributed by atoms with Crippen molar-refractivity contribution in [3.8, 4) is 0 Å². The molecule has 5 nitrogen and oxygen atoms in total. The summed E-state index contributed by atoms with van der Waals surface area (Å²) in [4.78, 5) is 12.5. The van der Waals surface area contributed by atoms with Gasteiger partial charge in [-0.25, -0.2) is 0 Å². The first-order valence-electron chi connectivity index (χ1n) is 6.95. The van der Waals surface area contributed by atoms with Crippen molar-refractivity contribution in [3.63, 3.8) is 0 Å². The van der Waals surface area contributed by atoms with Crippen LogP contribution in [0.4, 0.5) is 0 Å². The highest BCUT2D eigenvalue weighted by Crippen LogP contribution is 2.24. The van der Waals surface area contributed by atoms with Gasteiger partial charge in [0.1, 0.15) is 17.3 Å². The van der Waals surface area contributed by atoms with Gasteiger partial charge in [0.05, 0.1) is 12.9 Å². The molecule has 1 aliphatic rings. The van der Waals surface area contributed by atoms with Crippen LogP contribution in [0, 0.1) is 0 Å². The molecular weight excluding hydrogens is 268 g/mol. The zero-order valence-corrected chi connectivity index (χ0v) is 11.6. The van der Waals surface area contributed by atoms with Gasteiger partial charge in [-0.1, -0.05) is 30.3 Å². The third kappa shape index (κ3) is 2.84. The third-order valence-electron chi connectivity index (χ3n) is 3.74. The number of hydrogen-bond donors (Lipinski definition) is 2. The molecule has 3 rings (SSSR count). The molecule has 3 N–H and O–H groups in total. The summed E-state index contributed by atoms with van der Waals surface area (Å²) in [7, 11) is 0. The number of carbonyl (C=O) groups is 1. The molecule has 1 saturated heterocycles. The Morgan fingerprint density at radius 2 is 2.05 bits per heavy atom. The smallest absolute Gasteiger partial charge is 0.243 e. The van der Waals surface area contributed by atoms with Crippen LogP contribution >= 0.6 is 0 Å². The fourth-order valence-corrected chi connectivity index (χ4v) is 2.45. The number of carbonyl (C=O) groups excluding carboxylic acids is 1. The van der Waals surface area contributed by atoms with E-state index in [1.54, 1.807) is 12.3 Å². The lowest BCUT2D eigenvalue weighted by atomic mass is 9.97. The van der Waals surface area contributed by atoms with Gasteiger partial charge in [0.25, 0.3) is 0 Å². The van der Waals surface area contributed by atoms with Crippen LogP contribution in [-0.4, -0.2) is 24.7 Å². The van der Waals surface area contributed by atoms with Gasteiger partial charge in [-0.3, -0.25) is 4.79 Å². The Labute approximate surface area is 123 Å². The number of amides is 1. The molecular formula is C16H18N2O3. The van der Waals surface area contributed by atoms with E-state index in [2.05, 4.69) is 5.32 Å². The summed E-state index contributed by atoms with van der Waals surface area (Å²) in [6, 6.07) is 13.0. The average Bonchev–Trinajstić information content (AvgIpc) is 3.17. The quantitative estimate of drug-likeness (QED) is 0.895. The molecule has 0 aliphatic carbocycles. The third-order valence-corrected chi connectivity index (χ3v) is 3.74. The molecule has 1 fully saturated rings. The Bertz CT molecular complexity index is 589. The Kier molecular flexibility index (Phi) is 3.77. The first-order chi connectivity index (χ1) is 10.2. The molecule has 1 amide bonds. The van der Waals surface area contributed by atoms with E-state index in [0.29, 0.717) is 18.8 Å². The van der Waals surface area contributed by atoms with Crippen molar-refractivity contribution in [2.24, 2.45) is 5.73 Å². The van der Waals surface area contributed by atoms with Gasteiger partial charge in [-0.2, -0.15) is 0 Å². The molecule has 5 heteroatoms. The van der Waals surface area contributed by atoms with Crippen LogP contribution in [0.1, 0.15) is 23.8 Å². The lowest BCUT2D eigenvalue weighted by Gasteiger charge is -2.25. The number of rotatable bonds is 4. The highest BCUT2D eigenvalue weighted by molar-refractivity contribution is 5.87. The predicted molar refractivity (Wildman–Crippen MR) is 77.5 cm³/mol. The SMILES string of the molecule is NC1(C(=O)NC(c2ccccc2)c2ccco2)CCOC1. The average molecular weight is 286 g/mol. The Morgan fingerprint density at radius 1 is 1.24 bits per heavy atom. The van der Waals surface area contributed by atoms with Crippen LogP contribution in [0.5, 0.6) is 0 Å². The van der Waals surface area contributed by atoms with Crippen molar-refractivity contribution in [3.05, 3.63) is 60.1 Å². The summed E-state index contributed by atoms with van der Waals surface area (Å²) in [5.74, 6) is 0.460. The second-order valence-electron chi connectivity index (χ2n) is 5.29. The van der Waals surface area contributed by atoms with E-state index in [1.165, 1.54) is 0 Å². The predicted octanol–water partition coefficient (Wildman–Crippen LogP) is 1.60. The van der Waals surface area contributed by atoms with Crippen molar-refractivity contribution in [1.82, 2.24) is 5.32 Å². The monoisotopic (exact) mass is 286 g/mol. The summed E-state index contributed by atoms with van der Waals surface area (Å²) < 4.78 is 10.7. The maximum atomic E-state index is 12.5. The molecule has 0 radical (unpaired) electrons. The van der Waals surface area contributed by atoms with Crippen LogP contribution < -0.4 is 11.1 Å². The first-order valence-corrected chi connectivity index (χ1v) is 6.95. The van der Waals surface area contributed by atoms with Crippen molar-refractivity contribution < 1.29 is 13.9 Å². The number of nitrogens with two attached hydrogens (primary N) is 1. The highest BCUT2D eigenvalue weighted by atomic mass is 16.5. The van der Waals surface area contributed by atoms with E-state index < -0.39 is 5.54 Å². The summed E-state index contributed by atoms with van der Waals surface area (Å²) in [5.41, 5.74) is 6.10. The Balaban J connectivity index is 1.85. The van der Waals surface area contributed by atoms with Gasteiger partial charge in [-0.05, 0) is 24.1 Å². The molecule has 0 saturated carbocycles. The zero-order valence-electron chi connectivity index (χ0n) is 11.6. The second kappa shape index (κ2) is 5.71. The van der Waals surface area contributed by atoms with Gasteiger partial charge < -0.3 is 20.2 Å². The van der Waals surface area contributed by atoms with E-state index >= 15 is 0 Å². The summed E-state index contributed by atoms with van der Waals surface area (Å²) in [5, 5.41) is 2.98. The Morgan fingerprint density at radius 3 is 2.67 bits per heavy atom. The molecule has 2 unspecified atom stereocenters. The van der Waals surface area contributed by atoms with E-state index in [0.717, 1.165) is 5.56 Å². The van der Waals surface area contributed by atoms with E-state index in [9.17, 15) is 4.79 Å². The Hall–Kier alpha value is -2.11. The van der Waals surface area contributed by atoms with Crippen LogP contribution in [0.15, 0.2) is 53.1 Å². The molecule has 0 bridgehead atoms. The van der Waals surface area contributed by atoms with Crippen LogP contribution in [-0.2, 0) is 9.53 Å². The number of nitrogens with one attached hydrogen (secondary N) is 1. The maximum Gasteiger partial charge on any atom is 0.243 e. The lowest BCUT2D eigenvalue weighted by Crippen LogP contribution is -2.55. The molecule has 0 spiro atoms. The summed E-state index contributed by atoms with van der Waals surface area (Å²) >= 11 is 0. The molecule has 1 aromatic heterocycles. The summed E-state index contributed by atoms with van der Waals surface area (Å²) in [6.07, 6.45) is 2.12. The van der Waals surface area contributed by atoms with Gasteiger partial charge in [0.2, 0.25) is 5.91 Å². The van der Waals surface area contributed by atoms with Crippen molar-refractivity contribution in [2.45, 2.75) is 18.0 Å². The topological polar surface area (TPSA) is 77.5 Å². The standard InChI is InChI=1S/C16H18N2O3/c17-16(8-10-20-11-16)15(19)18-14(13-7-4-9-21-13)12-5-2-1-3-6-12/h1-7,9,14H,8,10-11,17H2,(H,18,19). The lowest BCUT2D eigenvalue weighted by molar-refractivity contribution is -0.127. The van der Waals surface area contributed by atoms with Crippen LogP contribution in [0.3, 0.4) is 0 Å². The van der Waals surface area contributed by atoms with Crippen LogP contribution in [0.25, 0.3) is 0 Å².